The predicted octanol–water partition coefficient (Wildman–Crippen LogP) is 2.18. The third kappa shape index (κ3) is 2.15. The molecular weight excluding hydrogens is 154 g/mol. The van der Waals surface area contributed by atoms with Crippen LogP contribution in [-0.2, 0) is 5.75 Å². The first-order valence-electron chi connectivity index (χ1n) is 3.61. The number of thiol groups is 1. The van der Waals surface area contributed by atoms with Gasteiger partial charge in [-0.2, -0.15) is 12.6 Å². The van der Waals surface area contributed by atoms with Crippen molar-refractivity contribution in [2.24, 2.45) is 0 Å². The standard InChI is InChI=1S/C9H13NS/c1-10(2)9-5-3-4-8(6-9)7-11/h3-6,11H,7H2,1-2H3. The highest BCUT2D eigenvalue weighted by atomic mass is 32.1. The number of nitrogens with zero attached hydrogens (tertiary/aromatic N) is 1. The molecule has 1 rings (SSSR count). The lowest BCUT2D eigenvalue weighted by atomic mass is 10.2. The summed E-state index contributed by atoms with van der Waals surface area (Å²) in [4.78, 5) is 2.09. The van der Waals surface area contributed by atoms with E-state index in [-0.39, 0.29) is 0 Å². The highest BCUT2D eigenvalue weighted by molar-refractivity contribution is 7.79. The molecule has 1 aromatic rings. The summed E-state index contributed by atoms with van der Waals surface area (Å²) in [6.07, 6.45) is 0. The van der Waals surface area contributed by atoms with Gasteiger partial charge in [-0.05, 0) is 17.7 Å². The van der Waals surface area contributed by atoms with E-state index < -0.39 is 0 Å². The molecule has 0 aliphatic carbocycles. The lowest BCUT2D eigenvalue weighted by Gasteiger charge is -2.12. The Labute approximate surface area is 73.4 Å². The van der Waals surface area contributed by atoms with Crippen LogP contribution < -0.4 is 4.90 Å². The van der Waals surface area contributed by atoms with Crippen LogP contribution in [0.1, 0.15) is 5.56 Å². The van der Waals surface area contributed by atoms with Gasteiger partial charge in [-0.1, -0.05) is 12.1 Å². The summed E-state index contributed by atoms with van der Waals surface area (Å²) in [5.74, 6) is 0.807. The summed E-state index contributed by atoms with van der Waals surface area (Å²) in [6, 6.07) is 8.38. The van der Waals surface area contributed by atoms with Gasteiger partial charge in [-0.3, -0.25) is 0 Å². The summed E-state index contributed by atoms with van der Waals surface area (Å²) in [5.41, 5.74) is 2.50. The van der Waals surface area contributed by atoms with E-state index in [1.165, 1.54) is 11.3 Å². The fourth-order valence-corrected chi connectivity index (χ4v) is 1.13. The van der Waals surface area contributed by atoms with E-state index in [1.54, 1.807) is 0 Å². The summed E-state index contributed by atoms with van der Waals surface area (Å²) >= 11 is 4.21. The van der Waals surface area contributed by atoms with Crippen LogP contribution >= 0.6 is 12.6 Å². The van der Waals surface area contributed by atoms with E-state index >= 15 is 0 Å². The average Bonchev–Trinajstić information content (AvgIpc) is 2.05. The largest absolute Gasteiger partial charge is 0.378 e. The van der Waals surface area contributed by atoms with Gasteiger partial charge < -0.3 is 4.90 Å². The molecule has 0 saturated carbocycles. The third-order valence-electron chi connectivity index (χ3n) is 1.61. The zero-order valence-corrected chi connectivity index (χ0v) is 7.81. The predicted molar refractivity (Wildman–Crippen MR) is 53.5 cm³/mol. The van der Waals surface area contributed by atoms with E-state index in [2.05, 4.69) is 41.8 Å². The van der Waals surface area contributed by atoms with Crippen molar-refractivity contribution in [2.45, 2.75) is 5.75 Å². The van der Waals surface area contributed by atoms with Crippen LogP contribution in [0.2, 0.25) is 0 Å². The van der Waals surface area contributed by atoms with Gasteiger partial charge in [0.25, 0.3) is 0 Å². The minimum atomic E-state index is 0.807. The van der Waals surface area contributed by atoms with E-state index in [0.717, 1.165) is 5.75 Å². The van der Waals surface area contributed by atoms with Crippen molar-refractivity contribution in [1.82, 2.24) is 0 Å². The average molecular weight is 167 g/mol. The molecule has 0 unspecified atom stereocenters. The van der Waals surface area contributed by atoms with Crippen molar-refractivity contribution >= 4 is 18.3 Å². The van der Waals surface area contributed by atoms with Crippen molar-refractivity contribution < 1.29 is 0 Å². The molecule has 0 saturated heterocycles. The van der Waals surface area contributed by atoms with Crippen LogP contribution in [0.4, 0.5) is 5.69 Å². The number of rotatable bonds is 2. The lowest BCUT2D eigenvalue weighted by molar-refractivity contribution is 1.13. The summed E-state index contributed by atoms with van der Waals surface area (Å²) in [6.45, 7) is 0. The second-order valence-corrected chi connectivity index (χ2v) is 3.04. The van der Waals surface area contributed by atoms with E-state index in [0.29, 0.717) is 0 Å². The zero-order valence-electron chi connectivity index (χ0n) is 6.91. The Balaban J connectivity index is 2.91. The smallest absolute Gasteiger partial charge is 0.0364 e. The van der Waals surface area contributed by atoms with Gasteiger partial charge in [0.05, 0.1) is 0 Å². The normalized spacial score (nSPS) is 9.73. The SMILES string of the molecule is CN(C)c1cccc(CS)c1. The van der Waals surface area contributed by atoms with Gasteiger partial charge >= 0.3 is 0 Å². The maximum absolute atomic E-state index is 4.21. The van der Waals surface area contributed by atoms with Crippen LogP contribution in [-0.4, -0.2) is 14.1 Å². The van der Waals surface area contributed by atoms with Crippen molar-refractivity contribution in [3.8, 4) is 0 Å². The molecule has 11 heavy (non-hydrogen) atoms. The summed E-state index contributed by atoms with van der Waals surface area (Å²) in [7, 11) is 4.08. The van der Waals surface area contributed by atoms with Gasteiger partial charge in [0.15, 0.2) is 0 Å². The molecule has 0 spiro atoms. The Kier molecular flexibility index (Phi) is 2.83. The second-order valence-electron chi connectivity index (χ2n) is 2.72. The third-order valence-corrected chi connectivity index (χ3v) is 1.97. The van der Waals surface area contributed by atoms with Crippen LogP contribution in [0, 0.1) is 0 Å². The molecule has 0 aliphatic heterocycles. The van der Waals surface area contributed by atoms with E-state index in [1.807, 2.05) is 14.1 Å². The molecule has 1 aromatic carbocycles. The Bertz CT molecular complexity index is 233. The number of anilines is 1. The van der Waals surface area contributed by atoms with Crippen LogP contribution in [0.15, 0.2) is 24.3 Å². The van der Waals surface area contributed by atoms with Gasteiger partial charge in [-0.15, -0.1) is 0 Å². The molecular formula is C9H13NS. The fraction of sp³-hybridized carbons (Fsp3) is 0.333. The highest BCUT2D eigenvalue weighted by Gasteiger charge is 1.94. The molecule has 2 heteroatoms. The fourth-order valence-electron chi connectivity index (χ4n) is 0.933. The van der Waals surface area contributed by atoms with Gasteiger partial charge in [0.2, 0.25) is 0 Å². The topological polar surface area (TPSA) is 3.24 Å². The van der Waals surface area contributed by atoms with Crippen molar-refractivity contribution in [3.05, 3.63) is 29.8 Å². The van der Waals surface area contributed by atoms with E-state index in [9.17, 15) is 0 Å². The first-order chi connectivity index (χ1) is 5.24. The van der Waals surface area contributed by atoms with Gasteiger partial charge in [-0.25, -0.2) is 0 Å². The summed E-state index contributed by atoms with van der Waals surface area (Å²) in [5, 5.41) is 0. The Morgan fingerprint density at radius 1 is 1.36 bits per heavy atom. The molecule has 0 radical (unpaired) electrons. The van der Waals surface area contributed by atoms with E-state index in [4.69, 9.17) is 0 Å². The zero-order chi connectivity index (χ0) is 8.27. The summed E-state index contributed by atoms with van der Waals surface area (Å²) < 4.78 is 0. The molecule has 0 aliphatic rings. The Hall–Kier alpha value is -0.630. The molecule has 1 nitrogen and oxygen atoms in total. The van der Waals surface area contributed by atoms with Crippen molar-refractivity contribution in [1.29, 1.82) is 0 Å². The molecule has 0 bridgehead atoms. The quantitative estimate of drug-likeness (QED) is 0.661. The monoisotopic (exact) mass is 167 g/mol. The molecule has 0 atom stereocenters. The lowest BCUT2D eigenvalue weighted by Crippen LogP contribution is -2.08. The van der Waals surface area contributed by atoms with Crippen LogP contribution in [0.5, 0.6) is 0 Å². The molecule has 60 valence electrons. The maximum Gasteiger partial charge on any atom is 0.0364 e. The Morgan fingerprint density at radius 2 is 2.09 bits per heavy atom. The first kappa shape index (κ1) is 8.47. The minimum absolute atomic E-state index is 0.807. The first-order valence-corrected chi connectivity index (χ1v) is 4.24. The number of hydrogen-bond donors (Lipinski definition) is 1. The van der Waals surface area contributed by atoms with Crippen molar-refractivity contribution in [2.75, 3.05) is 19.0 Å². The molecule has 0 heterocycles. The van der Waals surface area contributed by atoms with Gasteiger partial charge in [0, 0.05) is 25.5 Å². The minimum Gasteiger partial charge on any atom is -0.378 e. The van der Waals surface area contributed by atoms with Crippen LogP contribution in [0.25, 0.3) is 0 Å². The number of benzene rings is 1. The molecule has 0 amide bonds. The molecule has 0 aromatic heterocycles. The molecule has 0 N–H and O–H groups in total. The molecule has 0 fully saturated rings. The highest BCUT2D eigenvalue weighted by Crippen LogP contribution is 2.14. The second kappa shape index (κ2) is 3.67. The van der Waals surface area contributed by atoms with Crippen LogP contribution in [0.3, 0.4) is 0 Å². The number of hydrogen-bond acceptors (Lipinski definition) is 2. The van der Waals surface area contributed by atoms with Gasteiger partial charge in [0.1, 0.15) is 0 Å². The van der Waals surface area contributed by atoms with Crippen molar-refractivity contribution in [3.63, 3.8) is 0 Å². The Morgan fingerprint density at radius 3 is 2.64 bits per heavy atom. The maximum atomic E-state index is 4.21.